The molecule has 0 spiro atoms. The predicted molar refractivity (Wildman–Crippen MR) is 133 cm³/mol. The van der Waals surface area contributed by atoms with Gasteiger partial charge in [-0.3, -0.25) is 0 Å². The van der Waals surface area contributed by atoms with Crippen molar-refractivity contribution in [2.24, 2.45) is 0 Å². The molecule has 0 bridgehead atoms. The molecule has 0 aliphatic heterocycles. The third-order valence-corrected chi connectivity index (χ3v) is 6.94. The van der Waals surface area contributed by atoms with Crippen molar-refractivity contribution in [2.75, 3.05) is 0 Å². The van der Waals surface area contributed by atoms with E-state index in [1.165, 1.54) is 0 Å². The van der Waals surface area contributed by atoms with Crippen LogP contribution in [0, 0.1) is 20.8 Å². The lowest BCUT2D eigenvalue weighted by atomic mass is 10.2. The van der Waals surface area contributed by atoms with E-state index in [1.54, 1.807) is 57.2 Å². The molecule has 0 unspecified atom stereocenters. The third-order valence-electron chi connectivity index (χ3n) is 4.04. The van der Waals surface area contributed by atoms with Crippen molar-refractivity contribution >= 4 is 77.4 Å². The average Bonchev–Trinajstić information content (AvgIpc) is 2.64. The van der Waals surface area contributed by atoms with Crippen LogP contribution in [0.2, 0.25) is 30.1 Å². The Morgan fingerprint density at radius 2 is 0.688 bits per heavy atom. The molecule has 11 heteroatoms. The summed E-state index contributed by atoms with van der Waals surface area (Å²) in [4.78, 5) is 0. The maximum absolute atomic E-state index is 13.9. The van der Waals surface area contributed by atoms with Crippen molar-refractivity contribution in [1.82, 2.24) is 0 Å². The van der Waals surface area contributed by atoms with Crippen molar-refractivity contribution in [3.05, 3.63) is 83.2 Å². The topological polar surface area (TPSA) is 44.8 Å². The van der Waals surface area contributed by atoms with Gasteiger partial charge in [0.05, 0.1) is 30.1 Å². The van der Waals surface area contributed by atoms with E-state index in [0.29, 0.717) is 0 Å². The zero-order valence-corrected chi connectivity index (χ0v) is 22.2. The molecule has 0 fully saturated rings. The van der Waals surface area contributed by atoms with Crippen LogP contribution in [-0.4, -0.2) is 0 Å². The highest BCUT2D eigenvalue weighted by Gasteiger charge is 2.38. The summed E-state index contributed by atoms with van der Waals surface area (Å²) >= 11 is 37.6. The quantitative estimate of drug-likeness (QED) is 0.275. The van der Waals surface area contributed by atoms with Gasteiger partial charge in [-0.2, -0.15) is 4.57 Å². The monoisotopic (exact) mass is 572 g/mol. The molecule has 0 N–H and O–H groups in total. The van der Waals surface area contributed by atoms with Gasteiger partial charge in [-0.05, 0) is 73.9 Å². The first-order valence-corrected chi connectivity index (χ1v) is 12.7. The molecule has 0 saturated heterocycles. The Kier molecular flexibility index (Phi) is 8.10. The van der Waals surface area contributed by atoms with E-state index in [1.807, 2.05) is 0 Å². The fraction of sp³-hybridized carbons (Fsp3) is 0.143. The number of hydrogen-bond donors (Lipinski definition) is 0. The molecule has 4 nitrogen and oxygen atoms in total. The molecule has 0 aliphatic carbocycles. The number of benzene rings is 3. The molecule has 3 aromatic rings. The molecule has 3 rings (SSSR count). The summed E-state index contributed by atoms with van der Waals surface area (Å²) in [5.74, 6) is -0.372. The van der Waals surface area contributed by atoms with Crippen LogP contribution >= 0.6 is 77.4 Å². The molecular weight excluding hydrogens is 560 g/mol. The second kappa shape index (κ2) is 10.1. The molecule has 0 aromatic heterocycles. The van der Waals surface area contributed by atoms with Crippen LogP contribution in [-0.2, 0) is 4.57 Å². The molecule has 32 heavy (non-hydrogen) atoms. The molecule has 0 atom stereocenters. The number of rotatable bonds is 6. The van der Waals surface area contributed by atoms with E-state index in [-0.39, 0.29) is 47.4 Å². The lowest BCUT2D eigenvalue weighted by Gasteiger charge is -2.22. The lowest BCUT2D eigenvalue weighted by molar-refractivity contribution is 0.298. The van der Waals surface area contributed by atoms with Gasteiger partial charge in [0.2, 0.25) is 0 Å². The van der Waals surface area contributed by atoms with Crippen molar-refractivity contribution in [2.45, 2.75) is 20.8 Å². The second-order valence-corrected chi connectivity index (χ2v) is 10.8. The first kappa shape index (κ1) is 25.6. The second-order valence-electron chi connectivity index (χ2n) is 6.89. The van der Waals surface area contributed by atoms with Gasteiger partial charge in [0, 0.05) is 0 Å². The summed E-state index contributed by atoms with van der Waals surface area (Å²) in [5, 5.41) is 0.526. The highest BCUT2D eigenvalue weighted by atomic mass is 35.5. The normalized spacial score (nSPS) is 11.4. The Hall–Kier alpha value is -0.970. The Balaban J connectivity index is 2.12. The standard InChI is InChI=1S/C21H15Cl6O4P/c1-10-4-13(22)19(14(23)5-10)29-32(28,30-20-15(24)6-11(2)7-16(20)25)31-21-17(26)8-12(3)9-18(21)27/h4-9H,1-3H3. The van der Waals surface area contributed by atoms with Crippen LogP contribution in [0.1, 0.15) is 16.7 Å². The molecule has 0 amide bonds. The number of aryl methyl sites for hydroxylation is 3. The van der Waals surface area contributed by atoms with Gasteiger partial charge in [0.25, 0.3) is 0 Å². The average molecular weight is 575 g/mol. The summed E-state index contributed by atoms with van der Waals surface area (Å²) in [6.07, 6.45) is 0. The van der Waals surface area contributed by atoms with Gasteiger partial charge < -0.3 is 13.6 Å². The first-order chi connectivity index (χ1) is 14.9. The SMILES string of the molecule is Cc1cc(Cl)c(OP(=O)(Oc2c(Cl)cc(C)cc2Cl)Oc2c(Cl)cc(C)cc2Cl)c(Cl)c1. The Morgan fingerprint density at radius 1 is 0.500 bits per heavy atom. The summed E-state index contributed by atoms with van der Waals surface area (Å²) in [5.41, 5.74) is 2.29. The van der Waals surface area contributed by atoms with Crippen molar-refractivity contribution in [3.63, 3.8) is 0 Å². The maximum Gasteiger partial charge on any atom is 0.647 e. The van der Waals surface area contributed by atoms with E-state index in [4.69, 9.17) is 83.2 Å². The highest BCUT2D eigenvalue weighted by Crippen LogP contribution is 2.56. The van der Waals surface area contributed by atoms with E-state index >= 15 is 0 Å². The lowest BCUT2D eigenvalue weighted by Crippen LogP contribution is -2.09. The number of halogens is 6. The Labute approximate surface area is 215 Å². The maximum atomic E-state index is 13.9. The minimum Gasteiger partial charge on any atom is -0.383 e. The van der Waals surface area contributed by atoms with Crippen molar-refractivity contribution < 1.29 is 18.1 Å². The third kappa shape index (κ3) is 5.93. The summed E-state index contributed by atoms with van der Waals surface area (Å²) in [7, 11) is -4.60. The zero-order valence-electron chi connectivity index (χ0n) is 16.8. The number of hydrogen-bond acceptors (Lipinski definition) is 4. The van der Waals surface area contributed by atoms with Crippen LogP contribution in [0.15, 0.2) is 36.4 Å². The van der Waals surface area contributed by atoms with E-state index in [2.05, 4.69) is 0 Å². The summed E-state index contributed by atoms with van der Waals surface area (Å²) in [6, 6.07) is 9.45. The fourth-order valence-corrected chi connectivity index (χ4v) is 6.43. The van der Waals surface area contributed by atoms with E-state index in [0.717, 1.165) is 16.7 Å². The van der Waals surface area contributed by atoms with Crippen molar-refractivity contribution in [1.29, 1.82) is 0 Å². The number of phosphoric acid groups is 1. The zero-order chi connectivity index (χ0) is 23.8. The Morgan fingerprint density at radius 3 is 0.875 bits per heavy atom. The smallest absolute Gasteiger partial charge is 0.383 e. The van der Waals surface area contributed by atoms with Gasteiger partial charge in [0.1, 0.15) is 0 Å². The van der Waals surface area contributed by atoms with Gasteiger partial charge in [-0.1, -0.05) is 69.6 Å². The minimum atomic E-state index is -4.60. The van der Waals surface area contributed by atoms with Gasteiger partial charge in [0.15, 0.2) is 17.2 Å². The molecule has 0 aliphatic rings. The molecule has 0 heterocycles. The van der Waals surface area contributed by atoms with Gasteiger partial charge in [-0.15, -0.1) is 0 Å². The van der Waals surface area contributed by atoms with Crippen LogP contribution < -0.4 is 13.6 Å². The summed E-state index contributed by atoms with van der Waals surface area (Å²) < 4.78 is 30.7. The van der Waals surface area contributed by atoms with Crippen LogP contribution in [0.4, 0.5) is 0 Å². The molecule has 3 aromatic carbocycles. The molecular formula is C21H15Cl6O4P. The minimum absolute atomic E-state index is 0.0876. The summed E-state index contributed by atoms with van der Waals surface area (Å²) in [6.45, 7) is 5.35. The molecule has 0 saturated carbocycles. The van der Waals surface area contributed by atoms with E-state index in [9.17, 15) is 4.57 Å². The largest absolute Gasteiger partial charge is 0.647 e. The van der Waals surface area contributed by atoms with Gasteiger partial charge >= 0.3 is 7.82 Å². The van der Waals surface area contributed by atoms with E-state index < -0.39 is 7.82 Å². The number of phosphoric ester groups is 1. The van der Waals surface area contributed by atoms with Crippen LogP contribution in [0.25, 0.3) is 0 Å². The Bertz CT molecular complexity index is 1030. The first-order valence-electron chi connectivity index (χ1n) is 8.94. The molecule has 0 radical (unpaired) electrons. The fourth-order valence-electron chi connectivity index (χ4n) is 2.71. The molecule has 170 valence electrons. The van der Waals surface area contributed by atoms with Gasteiger partial charge in [-0.25, -0.2) is 0 Å². The highest BCUT2D eigenvalue weighted by molar-refractivity contribution is 7.49. The predicted octanol–water partition coefficient (Wildman–Crippen LogP) is 10.2. The van der Waals surface area contributed by atoms with Crippen LogP contribution in [0.5, 0.6) is 17.2 Å². The van der Waals surface area contributed by atoms with Crippen LogP contribution in [0.3, 0.4) is 0 Å². The van der Waals surface area contributed by atoms with Crippen molar-refractivity contribution in [3.8, 4) is 17.2 Å².